The van der Waals surface area contributed by atoms with E-state index in [9.17, 15) is 14.4 Å². The van der Waals surface area contributed by atoms with Crippen LogP contribution in [-0.2, 0) is 11.3 Å². The number of hydrogen-bond acceptors (Lipinski definition) is 4. The molecule has 9 heteroatoms. The van der Waals surface area contributed by atoms with Gasteiger partial charge in [0.2, 0.25) is 5.91 Å². The molecule has 1 aromatic heterocycles. The number of hydrogen-bond donors (Lipinski definition) is 2. The van der Waals surface area contributed by atoms with Crippen molar-refractivity contribution in [3.8, 4) is 0 Å². The first-order valence-corrected chi connectivity index (χ1v) is 8.33. The van der Waals surface area contributed by atoms with Gasteiger partial charge in [0.05, 0.1) is 5.52 Å². The molecule has 3 aromatic rings. The Kier molecular flexibility index (Phi) is 5.29. The summed E-state index contributed by atoms with van der Waals surface area (Å²) in [7, 11) is 0. The van der Waals surface area contributed by atoms with Gasteiger partial charge in [0, 0.05) is 34.6 Å². The Bertz CT molecular complexity index is 1040. The van der Waals surface area contributed by atoms with Crippen molar-refractivity contribution in [1.29, 1.82) is 0 Å². The van der Waals surface area contributed by atoms with E-state index in [1.54, 1.807) is 30.3 Å². The van der Waals surface area contributed by atoms with Crippen LogP contribution in [0.1, 0.15) is 16.8 Å². The monoisotopic (exact) mass is 393 g/mol. The Balaban J connectivity index is 1.59. The van der Waals surface area contributed by atoms with Gasteiger partial charge in [0.15, 0.2) is 5.58 Å². The molecule has 0 spiro atoms. The molecule has 0 aliphatic carbocycles. The molecule has 0 fully saturated rings. The van der Waals surface area contributed by atoms with Gasteiger partial charge < -0.3 is 4.42 Å². The molecule has 0 bridgehead atoms. The lowest BCUT2D eigenvalue weighted by Crippen LogP contribution is -2.42. The van der Waals surface area contributed by atoms with Crippen LogP contribution in [0.5, 0.6) is 0 Å². The van der Waals surface area contributed by atoms with E-state index in [-0.39, 0.29) is 13.0 Å². The second kappa shape index (κ2) is 7.63. The van der Waals surface area contributed by atoms with Crippen LogP contribution in [0.4, 0.5) is 0 Å². The number of halogens is 2. The van der Waals surface area contributed by atoms with Crippen molar-refractivity contribution >= 4 is 46.1 Å². The molecule has 0 aliphatic heterocycles. The van der Waals surface area contributed by atoms with E-state index in [1.165, 1.54) is 16.7 Å². The molecule has 0 aliphatic rings. The molecule has 0 unspecified atom stereocenters. The van der Waals surface area contributed by atoms with E-state index in [2.05, 4.69) is 10.9 Å². The Morgan fingerprint density at radius 3 is 2.58 bits per heavy atom. The van der Waals surface area contributed by atoms with Crippen molar-refractivity contribution in [3.05, 3.63) is 68.6 Å². The molecule has 3 rings (SSSR count). The van der Waals surface area contributed by atoms with Crippen LogP contribution >= 0.6 is 23.2 Å². The van der Waals surface area contributed by atoms with E-state index in [0.29, 0.717) is 26.7 Å². The van der Waals surface area contributed by atoms with Crippen molar-refractivity contribution in [2.45, 2.75) is 13.0 Å². The number of amides is 2. The second-order valence-electron chi connectivity index (χ2n) is 5.39. The number of aromatic nitrogens is 1. The molecule has 0 atom stereocenters. The number of fused-ring (bicyclic) bond motifs is 1. The average molecular weight is 394 g/mol. The van der Waals surface area contributed by atoms with Crippen LogP contribution in [0.3, 0.4) is 0 Å². The summed E-state index contributed by atoms with van der Waals surface area (Å²) in [4.78, 5) is 35.7. The van der Waals surface area contributed by atoms with E-state index in [1.807, 2.05) is 0 Å². The van der Waals surface area contributed by atoms with Crippen molar-refractivity contribution in [2.75, 3.05) is 0 Å². The lowest BCUT2D eigenvalue weighted by molar-refractivity contribution is -0.122. The quantitative estimate of drug-likeness (QED) is 0.666. The fourth-order valence-electron chi connectivity index (χ4n) is 2.36. The first-order chi connectivity index (χ1) is 12.4. The molecule has 2 amide bonds. The van der Waals surface area contributed by atoms with Gasteiger partial charge in [-0.3, -0.25) is 25.0 Å². The van der Waals surface area contributed by atoms with Crippen molar-refractivity contribution < 1.29 is 14.0 Å². The topological polar surface area (TPSA) is 93.3 Å². The van der Waals surface area contributed by atoms with E-state index in [0.717, 1.165) is 0 Å². The first-order valence-electron chi connectivity index (χ1n) is 7.57. The zero-order valence-electron chi connectivity index (χ0n) is 13.3. The maximum Gasteiger partial charge on any atom is 0.419 e. The van der Waals surface area contributed by atoms with Crippen LogP contribution in [0, 0.1) is 0 Å². The third-order valence-electron chi connectivity index (χ3n) is 3.60. The standard InChI is InChI=1S/C17H13Cl2N3O4/c18-11-3-1-2-10(8-11)16(24)21-20-15(23)6-7-22-13-5-4-12(19)9-14(13)26-17(22)25/h1-5,8-9H,6-7H2,(H,20,23)(H,21,24). The third kappa shape index (κ3) is 4.07. The average Bonchev–Trinajstić information content (AvgIpc) is 2.92. The Labute approximate surface area is 157 Å². The van der Waals surface area contributed by atoms with Gasteiger partial charge in [-0.2, -0.15) is 0 Å². The lowest BCUT2D eigenvalue weighted by atomic mass is 10.2. The molecule has 0 radical (unpaired) electrons. The van der Waals surface area contributed by atoms with Crippen LogP contribution < -0.4 is 16.6 Å². The summed E-state index contributed by atoms with van der Waals surface area (Å²) in [5.74, 6) is -1.55. The lowest BCUT2D eigenvalue weighted by Gasteiger charge is -2.08. The minimum Gasteiger partial charge on any atom is -0.408 e. The zero-order chi connectivity index (χ0) is 18.7. The van der Waals surface area contributed by atoms with E-state index < -0.39 is 17.6 Å². The number of benzene rings is 2. The number of carbonyl (C=O) groups excluding carboxylic acids is 2. The minimum absolute atomic E-state index is 0.0347. The van der Waals surface area contributed by atoms with Gasteiger partial charge in [-0.15, -0.1) is 0 Å². The predicted molar refractivity (Wildman–Crippen MR) is 97.2 cm³/mol. The van der Waals surface area contributed by atoms with Gasteiger partial charge in [-0.1, -0.05) is 29.3 Å². The molecule has 1 heterocycles. The Morgan fingerprint density at radius 2 is 1.81 bits per heavy atom. The summed E-state index contributed by atoms with van der Waals surface area (Å²) in [6.07, 6.45) is -0.0347. The molecule has 2 aromatic carbocycles. The summed E-state index contributed by atoms with van der Waals surface area (Å²) in [5, 5.41) is 0.857. The third-order valence-corrected chi connectivity index (χ3v) is 4.07. The molecular formula is C17H13Cl2N3O4. The van der Waals surface area contributed by atoms with Gasteiger partial charge in [0.25, 0.3) is 5.91 Å². The second-order valence-corrected chi connectivity index (χ2v) is 6.27. The van der Waals surface area contributed by atoms with Gasteiger partial charge in [0.1, 0.15) is 0 Å². The van der Waals surface area contributed by atoms with Gasteiger partial charge >= 0.3 is 5.76 Å². The summed E-state index contributed by atoms with van der Waals surface area (Å²) in [6, 6.07) is 11.1. The smallest absolute Gasteiger partial charge is 0.408 e. The predicted octanol–water partition coefficient (Wildman–Crippen LogP) is 2.75. The highest BCUT2D eigenvalue weighted by Gasteiger charge is 2.12. The number of hydrazine groups is 1. The SMILES string of the molecule is O=C(CCn1c(=O)oc2cc(Cl)ccc21)NNC(=O)c1cccc(Cl)c1. The van der Waals surface area contributed by atoms with E-state index >= 15 is 0 Å². The highest BCUT2D eigenvalue weighted by atomic mass is 35.5. The first kappa shape index (κ1) is 18.0. The minimum atomic E-state index is -0.585. The molecule has 7 nitrogen and oxygen atoms in total. The normalized spacial score (nSPS) is 10.7. The summed E-state index contributed by atoms with van der Waals surface area (Å²) in [5.41, 5.74) is 5.77. The van der Waals surface area contributed by atoms with Crippen LogP contribution in [0.15, 0.2) is 51.7 Å². The van der Waals surface area contributed by atoms with Crippen molar-refractivity contribution in [1.82, 2.24) is 15.4 Å². The van der Waals surface area contributed by atoms with Crippen LogP contribution in [-0.4, -0.2) is 16.4 Å². The number of oxazole rings is 1. The molecule has 0 saturated carbocycles. The van der Waals surface area contributed by atoms with Crippen LogP contribution in [0.25, 0.3) is 11.1 Å². The molecule has 134 valence electrons. The number of aryl methyl sites for hydroxylation is 1. The Morgan fingerprint density at radius 1 is 1.04 bits per heavy atom. The maximum absolute atomic E-state index is 11.9. The fraction of sp³-hybridized carbons (Fsp3) is 0.118. The fourth-order valence-corrected chi connectivity index (χ4v) is 2.71. The zero-order valence-corrected chi connectivity index (χ0v) is 14.8. The summed E-state index contributed by atoms with van der Waals surface area (Å²) < 4.78 is 6.41. The number of nitrogens with one attached hydrogen (secondary N) is 2. The van der Waals surface area contributed by atoms with Gasteiger partial charge in [-0.05, 0) is 30.3 Å². The van der Waals surface area contributed by atoms with E-state index in [4.69, 9.17) is 27.6 Å². The summed E-state index contributed by atoms with van der Waals surface area (Å²) >= 11 is 11.7. The maximum atomic E-state index is 11.9. The molecule has 2 N–H and O–H groups in total. The van der Waals surface area contributed by atoms with Crippen molar-refractivity contribution in [2.24, 2.45) is 0 Å². The number of carbonyl (C=O) groups is 2. The highest BCUT2D eigenvalue weighted by Crippen LogP contribution is 2.18. The van der Waals surface area contributed by atoms with Crippen LogP contribution in [0.2, 0.25) is 10.0 Å². The molecular weight excluding hydrogens is 381 g/mol. The molecule has 0 saturated heterocycles. The molecule has 26 heavy (non-hydrogen) atoms. The Hall–Kier alpha value is -2.77. The highest BCUT2D eigenvalue weighted by molar-refractivity contribution is 6.31. The van der Waals surface area contributed by atoms with Crippen molar-refractivity contribution in [3.63, 3.8) is 0 Å². The largest absolute Gasteiger partial charge is 0.419 e. The number of nitrogens with zero attached hydrogens (tertiary/aromatic N) is 1. The van der Waals surface area contributed by atoms with Gasteiger partial charge in [-0.25, -0.2) is 4.79 Å². The summed E-state index contributed by atoms with van der Waals surface area (Å²) in [6.45, 7) is 0.0896. The number of rotatable bonds is 4.